The van der Waals surface area contributed by atoms with Gasteiger partial charge in [0.05, 0.1) is 0 Å². The molecule has 0 bridgehead atoms. The quantitative estimate of drug-likeness (QED) is 0.891. The number of hydrogen-bond acceptors (Lipinski definition) is 4. The van der Waals surface area contributed by atoms with Crippen molar-refractivity contribution in [3.63, 3.8) is 0 Å². The number of aromatic nitrogens is 1. The van der Waals surface area contributed by atoms with E-state index in [0.717, 1.165) is 24.5 Å². The van der Waals surface area contributed by atoms with Crippen molar-refractivity contribution >= 4 is 17.2 Å². The van der Waals surface area contributed by atoms with Gasteiger partial charge in [-0.15, -0.1) is 11.3 Å². The Bertz CT molecular complexity index is 391. The van der Waals surface area contributed by atoms with Crippen LogP contribution in [-0.4, -0.2) is 28.9 Å². The molecule has 1 atom stereocenters. The molecule has 0 saturated carbocycles. The fraction of sp³-hybridized carbons (Fsp3) is 0.667. The molecule has 0 aromatic carbocycles. The SMILES string of the molecule is CCCC1CCN(C(=O)c2csc(CN)n2)C1. The first-order valence-electron chi connectivity index (χ1n) is 6.18. The van der Waals surface area contributed by atoms with Gasteiger partial charge < -0.3 is 10.6 Å². The molecule has 4 nitrogen and oxygen atoms in total. The van der Waals surface area contributed by atoms with E-state index in [1.165, 1.54) is 24.2 Å². The molecule has 2 rings (SSSR count). The number of carbonyl (C=O) groups excluding carboxylic acids is 1. The summed E-state index contributed by atoms with van der Waals surface area (Å²) in [6.07, 6.45) is 3.54. The lowest BCUT2D eigenvalue weighted by molar-refractivity contribution is 0.0781. The van der Waals surface area contributed by atoms with Crippen LogP contribution >= 0.6 is 11.3 Å². The second kappa shape index (κ2) is 5.60. The Morgan fingerprint density at radius 3 is 3.18 bits per heavy atom. The molecule has 0 aliphatic carbocycles. The lowest BCUT2D eigenvalue weighted by Gasteiger charge is -2.14. The zero-order valence-electron chi connectivity index (χ0n) is 10.2. The van der Waals surface area contributed by atoms with E-state index in [4.69, 9.17) is 5.73 Å². The van der Waals surface area contributed by atoms with E-state index in [1.807, 2.05) is 10.3 Å². The zero-order valence-corrected chi connectivity index (χ0v) is 11.0. The van der Waals surface area contributed by atoms with Crippen LogP contribution in [0.15, 0.2) is 5.38 Å². The van der Waals surface area contributed by atoms with Crippen molar-refractivity contribution in [1.29, 1.82) is 0 Å². The fourth-order valence-corrected chi connectivity index (χ4v) is 2.97. The minimum absolute atomic E-state index is 0.0690. The minimum atomic E-state index is 0.0690. The first-order chi connectivity index (χ1) is 8.24. The first-order valence-corrected chi connectivity index (χ1v) is 7.06. The molecule has 0 spiro atoms. The van der Waals surface area contributed by atoms with Crippen LogP contribution in [0.25, 0.3) is 0 Å². The zero-order chi connectivity index (χ0) is 12.3. The molecular weight excluding hydrogens is 234 g/mol. The monoisotopic (exact) mass is 253 g/mol. The Kier molecular flexibility index (Phi) is 4.12. The third kappa shape index (κ3) is 2.84. The molecule has 2 heterocycles. The van der Waals surface area contributed by atoms with Crippen molar-refractivity contribution in [2.24, 2.45) is 11.7 Å². The van der Waals surface area contributed by atoms with Crippen LogP contribution in [-0.2, 0) is 6.54 Å². The highest BCUT2D eigenvalue weighted by molar-refractivity contribution is 7.09. The molecule has 1 aromatic heterocycles. The fourth-order valence-electron chi connectivity index (χ4n) is 2.33. The Hall–Kier alpha value is -0.940. The van der Waals surface area contributed by atoms with Gasteiger partial charge in [0.25, 0.3) is 5.91 Å². The molecule has 5 heteroatoms. The number of likely N-dealkylation sites (tertiary alicyclic amines) is 1. The third-order valence-electron chi connectivity index (χ3n) is 3.22. The van der Waals surface area contributed by atoms with Crippen molar-refractivity contribution in [2.75, 3.05) is 13.1 Å². The van der Waals surface area contributed by atoms with Gasteiger partial charge in [0.1, 0.15) is 10.7 Å². The van der Waals surface area contributed by atoms with E-state index in [-0.39, 0.29) is 5.91 Å². The summed E-state index contributed by atoms with van der Waals surface area (Å²) in [5.74, 6) is 0.746. The van der Waals surface area contributed by atoms with Crippen molar-refractivity contribution in [3.05, 3.63) is 16.1 Å². The summed E-state index contributed by atoms with van der Waals surface area (Å²) in [5, 5.41) is 2.65. The van der Waals surface area contributed by atoms with Crippen LogP contribution in [0.4, 0.5) is 0 Å². The smallest absolute Gasteiger partial charge is 0.273 e. The summed E-state index contributed by atoms with van der Waals surface area (Å²) >= 11 is 1.46. The molecule has 1 aromatic rings. The van der Waals surface area contributed by atoms with E-state index < -0.39 is 0 Å². The lowest BCUT2D eigenvalue weighted by atomic mass is 10.0. The number of carbonyl (C=O) groups is 1. The molecule has 1 aliphatic rings. The average Bonchev–Trinajstić information content (AvgIpc) is 2.97. The van der Waals surface area contributed by atoms with Gasteiger partial charge in [0, 0.05) is 25.0 Å². The highest BCUT2D eigenvalue weighted by Gasteiger charge is 2.27. The summed E-state index contributed by atoms with van der Waals surface area (Å²) in [5.41, 5.74) is 6.06. The van der Waals surface area contributed by atoms with Crippen LogP contribution < -0.4 is 5.73 Å². The van der Waals surface area contributed by atoms with E-state index in [9.17, 15) is 4.79 Å². The maximum Gasteiger partial charge on any atom is 0.273 e. The van der Waals surface area contributed by atoms with Crippen LogP contribution in [0.3, 0.4) is 0 Å². The van der Waals surface area contributed by atoms with Crippen molar-refractivity contribution in [1.82, 2.24) is 9.88 Å². The Morgan fingerprint density at radius 2 is 2.53 bits per heavy atom. The highest BCUT2D eigenvalue weighted by Crippen LogP contribution is 2.22. The van der Waals surface area contributed by atoms with Crippen molar-refractivity contribution < 1.29 is 4.79 Å². The minimum Gasteiger partial charge on any atom is -0.337 e. The van der Waals surface area contributed by atoms with Gasteiger partial charge in [0.15, 0.2) is 0 Å². The summed E-state index contributed by atoms with van der Waals surface area (Å²) in [4.78, 5) is 18.3. The van der Waals surface area contributed by atoms with Crippen LogP contribution in [0, 0.1) is 5.92 Å². The van der Waals surface area contributed by atoms with Crippen molar-refractivity contribution in [3.8, 4) is 0 Å². The first kappa shape index (κ1) is 12.5. The summed E-state index contributed by atoms with van der Waals surface area (Å²) in [7, 11) is 0. The van der Waals surface area contributed by atoms with Crippen molar-refractivity contribution in [2.45, 2.75) is 32.7 Å². The number of hydrogen-bond donors (Lipinski definition) is 1. The molecule has 1 fully saturated rings. The Labute approximate surface area is 106 Å². The van der Waals surface area contributed by atoms with Gasteiger partial charge in [-0.2, -0.15) is 0 Å². The number of amides is 1. The summed E-state index contributed by atoms with van der Waals surface area (Å²) in [6.45, 7) is 4.37. The highest BCUT2D eigenvalue weighted by atomic mass is 32.1. The molecule has 1 saturated heterocycles. The van der Waals surface area contributed by atoms with E-state index in [1.54, 1.807) is 0 Å². The molecular formula is C12H19N3OS. The topological polar surface area (TPSA) is 59.2 Å². The summed E-state index contributed by atoms with van der Waals surface area (Å²) in [6, 6.07) is 0. The molecule has 1 amide bonds. The normalized spacial score (nSPS) is 19.9. The van der Waals surface area contributed by atoms with Crippen LogP contribution in [0.2, 0.25) is 0 Å². The Morgan fingerprint density at radius 1 is 1.71 bits per heavy atom. The molecule has 94 valence electrons. The third-order valence-corrected chi connectivity index (χ3v) is 4.09. The molecule has 17 heavy (non-hydrogen) atoms. The second-order valence-electron chi connectivity index (χ2n) is 4.53. The van der Waals surface area contributed by atoms with Gasteiger partial charge in [-0.1, -0.05) is 13.3 Å². The van der Waals surface area contributed by atoms with Crippen LogP contribution in [0.5, 0.6) is 0 Å². The van der Waals surface area contributed by atoms with Gasteiger partial charge >= 0.3 is 0 Å². The van der Waals surface area contributed by atoms with Gasteiger partial charge in [-0.3, -0.25) is 4.79 Å². The summed E-state index contributed by atoms with van der Waals surface area (Å²) < 4.78 is 0. The number of rotatable bonds is 4. The van der Waals surface area contributed by atoms with Gasteiger partial charge in [-0.05, 0) is 18.8 Å². The predicted molar refractivity (Wildman–Crippen MR) is 68.9 cm³/mol. The molecule has 1 unspecified atom stereocenters. The number of thiazole rings is 1. The standard InChI is InChI=1S/C12H19N3OS/c1-2-3-9-4-5-15(7-9)12(16)10-8-17-11(6-13)14-10/h8-9H,2-7,13H2,1H3. The predicted octanol–water partition coefficient (Wildman–Crippen LogP) is 1.86. The molecule has 2 N–H and O–H groups in total. The molecule has 0 radical (unpaired) electrons. The maximum absolute atomic E-state index is 12.2. The number of nitrogens with two attached hydrogens (primary N) is 1. The van der Waals surface area contributed by atoms with Gasteiger partial charge in [0.2, 0.25) is 0 Å². The number of nitrogens with zero attached hydrogens (tertiary/aromatic N) is 2. The van der Waals surface area contributed by atoms with E-state index in [0.29, 0.717) is 18.2 Å². The lowest BCUT2D eigenvalue weighted by Crippen LogP contribution is -2.29. The van der Waals surface area contributed by atoms with E-state index in [2.05, 4.69) is 11.9 Å². The van der Waals surface area contributed by atoms with Crippen LogP contribution in [0.1, 0.15) is 41.7 Å². The average molecular weight is 253 g/mol. The second-order valence-corrected chi connectivity index (χ2v) is 5.47. The molecule has 1 aliphatic heterocycles. The van der Waals surface area contributed by atoms with E-state index >= 15 is 0 Å². The van der Waals surface area contributed by atoms with Gasteiger partial charge in [-0.25, -0.2) is 4.98 Å². The largest absolute Gasteiger partial charge is 0.337 e. The maximum atomic E-state index is 12.2. The Balaban J connectivity index is 1.96.